The molecule has 0 unspecified atom stereocenters. The van der Waals surface area contributed by atoms with Crippen molar-refractivity contribution in [2.45, 2.75) is 109 Å². The van der Waals surface area contributed by atoms with E-state index >= 15 is 0 Å². The van der Waals surface area contributed by atoms with Crippen LogP contribution in [0.15, 0.2) is 0 Å². The molecule has 0 aromatic carbocycles. The zero-order valence-corrected chi connectivity index (χ0v) is 18.4. The van der Waals surface area contributed by atoms with Gasteiger partial charge in [-0.25, -0.2) is 0 Å². The lowest BCUT2D eigenvalue weighted by Gasteiger charge is -2.16. The second-order valence-corrected chi connectivity index (χ2v) is 6.98. The van der Waals surface area contributed by atoms with Crippen molar-refractivity contribution in [2.24, 2.45) is 0 Å². The summed E-state index contributed by atoms with van der Waals surface area (Å²) in [5.41, 5.74) is 0. The van der Waals surface area contributed by atoms with Crippen LogP contribution in [0.4, 0.5) is 0 Å². The number of aliphatic hydroxyl groups excluding tert-OH is 4. The molecular formula is C21H42O9. The third-order valence-corrected chi connectivity index (χ3v) is 4.06. The average molecular weight is 439 g/mol. The van der Waals surface area contributed by atoms with Crippen molar-refractivity contribution in [3.05, 3.63) is 0 Å². The highest BCUT2D eigenvalue weighted by Gasteiger charge is 2.22. The quantitative estimate of drug-likeness (QED) is 0.156. The first-order valence-electron chi connectivity index (χ1n) is 10.7. The molecule has 0 radical (unpaired) electrons. The molecule has 3 atom stereocenters. The van der Waals surface area contributed by atoms with E-state index in [1.54, 1.807) is 0 Å². The van der Waals surface area contributed by atoms with Gasteiger partial charge in [-0.15, -0.1) is 0 Å². The third-order valence-electron chi connectivity index (χ3n) is 4.06. The van der Waals surface area contributed by atoms with Crippen molar-refractivity contribution >= 4 is 18.2 Å². The molecule has 0 aliphatic rings. The minimum Gasteiger partial charge on any atom is -0.481 e. The molecule has 0 heterocycles. The Hall–Kier alpha value is -1.55. The summed E-state index contributed by atoms with van der Waals surface area (Å²) in [6.07, 6.45) is 7.14. The third kappa shape index (κ3) is 28.7. The van der Waals surface area contributed by atoms with E-state index in [-0.39, 0.29) is 6.29 Å². The van der Waals surface area contributed by atoms with Gasteiger partial charge in [0.15, 0.2) is 6.29 Å². The molecular weight excluding hydrogens is 396 g/mol. The van der Waals surface area contributed by atoms with Crippen LogP contribution >= 0.6 is 0 Å². The fourth-order valence-electron chi connectivity index (χ4n) is 2.18. The maximum absolute atomic E-state index is 10.0. The average Bonchev–Trinajstić information content (AvgIpc) is 2.72. The summed E-state index contributed by atoms with van der Waals surface area (Å²) in [6.45, 7) is 3.61. The number of carboxylic acid groups (broad SMARTS) is 2. The van der Waals surface area contributed by atoms with Crippen molar-refractivity contribution in [1.82, 2.24) is 0 Å². The first kappa shape index (κ1) is 33.1. The molecule has 0 aliphatic carbocycles. The van der Waals surface area contributed by atoms with Crippen LogP contribution in [0.2, 0.25) is 0 Å². The lowest BCUT2D eigenvalue weighted by atomic mass is 10.1. The number of aliphatic hydroxyl groups is 4. The van der Waals surface area contributed by atoms with Crippen LogP contribution in [0.25, 0.3) is 0 Å². The Morgan fingerprint density at radius 2 is 1.10 bits per heavy atom. The van der Waals surface area contributed by atoms with Crippen LogP contribution in [-0.4, -0.2) is 73.8 Å². The molecule has 0 saturated heterocycles. The standard InChI is InChI=1S/2C8H16O2.C5H10O5/c2*1-2-3-4-5-6-7-8(9)10;6-1-3(8)5(10)4(9)2-7/h2*2-7H2,1H3,(H,9,10);1,3-5,7-10H,2H2/t;;3-,4+,5+/m..0/s1. The molecule has 180 valence electrons. The largest absolute Gasteiger partial charge is 0.481 e. The highest BCUT2D eigenvalue weighted by molar-refractivity contribution is 5.66. The number of carbonyl (C=O) groups excluding carboxylic acids is 1. The predicted octanol–water partition coefficient (Wildman–Crippen LogP) is 2.12. The Balaban J connectivity index is -0.000000364. The van der Waals surface area contributed by atoms with Crippen molar-refractivity contribution in [2.75, 3.05) is 6.61 Å². The lowest BCUT2D eigenvalue weighted by Crippen LogP contribution is -2.40. The molecule has 6 N–H and O–H groups in total. The summed E-state index contributed by atoms with van der Waals surface area (Å²) in [7, 11) is 0. The van der Waals surface area contributed by atoms with Crippen molar-refractivity contribution in [1.29, 1.82) is 0 Å². The summed E-state index contributed by atoms with van der Waals surface area (Å²) >= 11 is 0. The summed E-state index contributed by atoms with van der Waals surface area (Å²) in [4.78, 5) is 29.8. The summed E-state index contributed by atoms with van der Waals surface area (Å²) in [5, 5.41) is 50.6. The lowest BCUT2D eigenvalue weighted by molar-refractivity contribution is -0.138. The monoisotopic (exact) mass is 438 g/mol. The van der Waals surface area contributed by atoms with Crippen molar-refractivity contribution in [3.63, 3.8) is 0 Å². The maximum atomic E-state index is 10.0. The predicted molar refractivity (Wildman–Crippen MR) is 113 cm³/mol. The van der Waals surface area contributed by atoms with E-state index < -0.39 is 36.9 Å². The molecule has 9 nitrogen and oxygen atoms in total. The van der Waals surface area contributed by atoms with Crippen LogP contribution in [0.1, 0.15) is 90.9 Å². The molecule has 9 heteroatoms. The Morgan fingerprint density at radius 1 is 0.733 bits per heavy atom. The van der Waals surface area contributed by atoms with Crippen molar-refractivity contribution in [3.8, 4) is 0 Å². The molecule has 0 rings (SSSR count). The zero-order valence-electron chi connectivity index (χ0n) is 18.4. The minimum absolute atomic E-state index is 0.0869. The van der Waals surface area contributed by atoms with Gasteiger partial charge in [0.05, 0.1) is 6.61 Å². The molecule has 0 fully saturated rings. The van der Waals surface area contributed by atoms with Gasteiger partial charge in [0.1, 0.15) is 18.3 Å². The zero-order chi connectivity index (χ0) is 23.8. The summed E-state index contributed by atoms with van der Waals surface area (Å²) < 4.78 is 0. The minimum atomic E-state index is -1.64. The Bertz CT molecular complexity index is 378. The smallest absolute Gasteiger partial charge is 0.303 e. The van der Waals surface area contributed by atoms with Gasteiger partial charge in [-0.3, -0.25) is 9.59 Å². The number of hydrogen-bond donors (Lipinski definition) is 6. The molecule has 0 aliphatic heterocycles. The fourth-order valence-corrected chi connectivity index (χ4v) is 2.18. The second kappa shape index (κ2) is 25.5. The van der Waals surface area contributed by atoms with Gasteiger partial charge < -0.3 is 35.4 Å². The van der Waals surface area contributed by atoms with Crippen LogP contribution in [0, 0.1) is 0 Å². The van der Waals surface area contributed by atoms with E-state index in [9.17, 15) is 14.4 Å². The van der Waals surface area contributed by atoms with E-state index in [4.69, 9.17) is 30.6 Å². The number of rotatable bonds is 16. The molecule has 0 saturated carbocycles. The number of unbranched alkanes of at least 4 members (excludes halogenated alkanes) is 8. The highest BCUT2D eigenvalue weighted by atomic mass is 16.4. The molecule has 0 aromatic rings. The van der Waals surface area contributed by atoms with Gasteiger partial charge in [0.2, 0.25) is 0 Å². The topological polar surface area (TPSA) is 173 Å². The number of aliphatic carboxylic acids is 2. The molecule has 0 bridgehead atoms. The Labute approximate surface area is 179 Å². The van der Waals surface area contributed by atoms with Gasteiger partial charge in [-0.2, -0.15) is 0 Å². The summed E-state index contributed by atoms with van der Waals surface area (Å²) in [5.74, 6) is -1.34. The Kier molecular flexibility index (Phi) is 28.1. The summed E-state index contributed by atoms with van der Waals surface area (Å²) in [6, 6.07) is 0. The van der Waals surface area contributed by atoms with Gasteiger partial charge in [0.25, 0.3) is 0 Å². The molecule has 0 amide bonds. The van der Waals surface area contributed by atoms with Crippen LogP contribution in [0.5, 0.6) is 0 Å². The van der Waals surface area contributed by atoms with E-state index in [1.807, 2.05) is 0 Å². The Morgan fingerprint density at radius 3 is 1.37 bits per heavy atom. The molecule has 30 heavy (non-hydrogen) atoms. The van der Waals surface area contributed by atoms with Gasteiger partial charge >= 0.3 is 11.9 Å². The van der Waals surface area contributed by atoms with E-state index in [1.165, 1.54) is 38.5 Å². The van der Waals surface area contributed by atoms with Gasteiger partial charge in [0, 0.05) is 12.8 Å². The highest BCUT2D eigenvalue weighted by Crippen LogP contribution is 2.05. The van der Waals surface area contributed by atoms with Crippen LogP contribution in [-0.2, 0) is 14.4 Å². The van der Waals surface area contributed by atoms with E-state index in [2.05, 4.69) is 13.8 Å². The van der Waals surface area contributed by atoms with Crippen LogP contribution < -0.4 is 0 Å². The van der Waals surface area contributed by atoms with Crippen LogP contribution in [0.3, 0.4) is 0 Å². The first-order chi connectivity index (χ1) is 14.2. The van der Waals surface area contributed by atoms with Crippen molar-refractivity contribution < 1.29 is 45.0 Å². The SMILES string of the molecule is CCCCCCCC(=O)O.CCCCCCCC(=O)O.O=C[C@H](O)[C@@H](O)[C@H](O)CO. The maximum Gasteiger partial charge on any atom is 0.303 e. The normalized spacial score (nSPS) is 13.0. The number of carbonyl (C=O) groups is 3. The molecule has 0 aromatic heterocycles. The van der Waals surface area contributed by atoms with E-state index in [0.717, 1.165) is 25.7 Å². The number of hydrogen-bond acceptors (Lipinski definition) is 7. The van der Waals surface area contributed by atoms with Gasteiger partial charge in [-0.1, -0.05) is 65.2 Å². The van der Waals surface area contributed by atoms with E-state index in [0.29, 0.717) is 12.8 Å². The first-order valence-corrected chi connectivity index (χ1v) is 10.7. The van der Waals surface area contributed by atoms with Gasteiger partial charge in [-0.05, 0) is 12.8 Å². The molecule has 0 spiro atoms. The second-order valence-electron chi connectivity index (χ2n) is 6.98. The number of carboxylic acids is 2. The number of aldehydes is 1. The fraction of sp³-hybridized carbons (Fsp3) is 0.857.